The van der Waals surface area contributed by atoms with E-state index in [-0.39, 0.29) is 12.3 Å². The number of aryl methyl sites for hydroxylation is 2. The largest absolute Gasteiger partial charge is 0.481 e. The van der Waals surface area contributed by atoms with Crippen LogP contribution in [-0.4, -0.2) is 45.8 Å². The third-order valence-electron chi connectivity index (χ3n) is 6.90. The van der Waals surface area contributed by atoms with Crippen molar-refractivity contribution in [3.63, 3.8) is 0 Å². The van der Waals surface area contributed by atoms with Crippen LogP contribution < -0.4 is 10.2 Å². The molecule has 0 saturated carbocycles. The van der Waals surface area contributed by atoms with Crippen molar-refractivity contribution in [2.45, 2.75) is 87.3 Å². The molecule has 7 nitrogen and oxygen atoms in total. The van der Waals surface area contributed by atoms with Gasteiger partial charge in [0, 0.05) is 47.7 Å². The summed E-state index contributed by atoms with van der Waals surface area (Å²) in [5, 5.41) is 21.2. The van der Waals surface area contributed by atoms with Crippen molar-refractivity contribution in [1.29, 1.82) is 0 Å². The lowest BCUT2D eigenvalue weighted by Crippen LogP contribution is -2.40. The molecular formula is C36H51N3O4. The zero-order chi connectivity index (χ0) is 32.3. The maximum absolute atomic E-state index is 12.7. The Balaban J connectivity index is 0.000000836. The molecule has 43 heavy (non-hydrogen) atoms. The van der Waals surface area contributed by atoms with Crippen LogP contribution in [0.2, 0.25) is 0 Å². The third-order valence-corrected chi connectivity index (χ3v) is 6.90. The second kappa shape index (κ2) is 16.2. The monoisotopic (exact) mass is 589 g/mol. The zero-order valence-electron chi connectivity index (χ0n) is 27.5. The molecule has 2 heterocycles. The molecule has 1 saturated heterocycles. The van der Waals surface area contributed by atoms with Gasteiger partial charge in [0.1, 0.15) is 0 Å². The van der Waals surface area contributed by atoms with Gasteiger partial charge in [0.15, 0.2) is 0 Å². The van der Waals surface area contributed by atoms with Gasteiger partial charge in [-0.15, -0.1) is 0 Å². The molecular weight excluding hydrogens is 538 g/mol. The second-order valence-electron chi connectivity index (χ2n) is 12.3. The normalized spacial score (nSPS) is 16.3. The van der Waals surface area contributed by atoms with Gasteiger partial charge in [0.05, 0.1) is 17.7 Å². The van der Waals surface area contributed by atoms with E-state index in [2.05, 4.69) is 24.1 Å². The molecule has 0 spiro atoms. The highest BCUT2D eigenvalue weighted by Gasteiger charge is 2.29. The van der Waals surface area contributed by atoms with Gasteiger partial charge in [0.2, 0.25) is 0 Å². The SMILES string of the molecule is CC.CC(C)(C)O.Cc1nc(C)c(-c2ccc(C(=O)NCc3ccccc3)cc2)c(N2CC(C)CC(C)C2)c1CC(=O)O. The van der Waals surface area contributed by atoms with E-state index in [9.17, 15) is 14.7 Å². The number of carboxylic acids is 1. The number of aliphatic carboxylic acids is 1. The van der Waals surface area contributed by atoms with Crippen LogP contribution in [0.5, 0.6) is 0 Å². The fourth-order valence-corrected chi connectivity index (χ4v) is 5.44. The number of piperidine rings is 1. The Morgan fingerprint density at radius 2 is 1.47 bits per heavy atom. The molecule has 2 aromatic carbocycles. The number of rotatable bonds is 7. The van der Waals surface area contributed by atoms with Gasteiger partial charge >= 0.3 is 5.97 Å². The first-order valence-corrected chi connectivity index (χ1v) is 15.3. The van der Waals surface area contributed by atoms with Crippen molar-refractivity contribution in [1.82, 2.24) is 10.3 Å². The number of carboxylic acid groups (broad SMARTS) is 1. The number of anilines is 1. The van der Waals surface area contributed by atoms with E-state index in [0.29, 0.717) is 23.9 Å². The second-order valence-corrected chi connectivity index (χ2v) is 12.3. The molecule has 0 aliphatic carbocycles. The van der Waals surface area contributed by atoms with Crippen molar-refractivity contribution in [2.24, 2.45) is 11.8 Å². The van der Waals surface area contributed by atoms with Crippen molar-refractivity contribution in [3.8, 4) is 11.1 Å². The van der Waals surface area contributed by atoms with Gasteiger partial charge in [-0.3, -0.25) is 14.6 Å². The highest BCUT2D eigenvalue weighted by molar-refractivity contribution is 5.95. The van der Waals surface area contributed by atoms with Gasteiger partial charge < -0.3 is 20.4 Å². The number of aliphatic hydroxyl groups is 1. The van der Waals surface area contributed by atoms with Crippen LogP contribution >= 0.6 is 0 Å². The summed E-state index contributed by atoms with van der Waals surface area (Å²) < 4.78 is 0. The molecule has 1 aliphatic heterocycles. The Kier molecular flexibility index (Phi) is 13.4. The minimum absolute atomic E-state index is 0.0688. The van der Waals surface area contributed by atoms with Crippen molar-refractivity contribution in [3.05, 3.63) is 82.7 Å². The minimum atomic E-state index is -0.862. The van der Waals surface area contributed by atoms with Crippen LogP contribution in [0.15, 0.2) is 54.6 Å². The van der Waals surface area contributed by atoms with Gasteiger partial charge in [-0.1, -0.05) is 70.2 Å². The Morgan fingerprint density at radius 1 is 0.930 bits per heavy atom. The smallest absolute Gasteiger partial charge is 0.307 e. The number of carbonyl (C=O) groups excluding carboxylic acids is 1. The lowest BCUT2D eigenvalue weighted by atomic mass is 9.88. The summed E-state index contributed by atoms with van der Waals surface area (Å²) in [7, 11) is 0. The molecule has 1 aliphatic rings. The Labute approximate surface area is 258 Å². The fourth-order valence-electron chi connectivity index (χ4n) is 5.44. The summed E-state index contributed by atoms with van der Waals surface area (Å²) in [5.41, 5.74) is 6.39. The summed E-state index contributed by atoms with van der Waals surface area (Å²) in [6.07, 6.45) is 1.09. The lowest BCUT2D eigenvalue weighted by Gasteiger charge is -2.39. The first-order valence-electron chi connectivity index (χ1n) is 15.3. The van der Waals surface area contributed by atoms with Crippen LogP contribution in [-0.2, 0) is 17.8 Å². The maximum atomic E-state index is 12.7. The average molecular weight is 590 g/mol. The molecule has 3 N–H and O–H groups in total. The number of amides is 1. The molecule has 1 aromatic heterocycles. The van der Waals surface area contributed by atoms with Crippen LogP contribution in [0.3, 0.4) is 0 Å². The Morgan fingerprint density at radius 3 is 1.98 bits per heavy atom. The highest BCUT2D eigenvalue weighted by Crippen LogP contribution is 2.40. The first-order chi connectivity index (χ1) is 20.2. The summed E-state index contributed by atoms with van der Waals surface area (Å²) in [4.78, 5) is 31.7. The number of carbonyl (C=O) groups is 2. The topological polar surface area (TPSA) is 103 Å². The number of hydrogen-bond donors (Lipinski definition) is 3. The van der Waals surface area contributed by atoms with Crippen LogP contribution in [0, 0.1) is 25.7 Å². The van der Waals surface area contributed by atoms with E-state index in [4.69, 9.17) is 10.1 Å². The fraction of sp³-hybridized carbons (Fsp3) is 0.472. The van der Waals surface area contributed by atoms with Crippen LogP contribution in [0.25, 0.3) is 11.1 Å². The molecule has 1 fully saturated rings. The van der Waals surface area contributed by atoms with Gasteiger partial charge in [0.25, 0.3) is 5.91 Å². The maximum Gasteiger partial charge on any atom is 0.307 e. The summed E-state index contributed by atoms with van der Waals surface area (Å²) in [6, 6.07) is 17.4. The molecule has 3 aromatic rings. The van der Waals surface area contributed by atoms with E-state index >= 15 is 0 Å². The number of pyridine rings is 1. The van der Waals surface area contributed by atoms with E-state index < -0.39 is 11.6 Å². The van der Waals surface area contributed by atoms with Gasteiger partial charge in [-0.25, -0.2) is 0 Å². The summed E-state index contributed by atoms with van der Waals surface area (Å²) >= 11 is 0. The summed E-state index contributed by atoms with van der Waals surface area (Å²) in [5.74, 6) is 0.0432. The van der Waals surface area contributed by atoms with E-state index in [1.54, 1.807) is 20.8 Å². The number of nitrogens with one attached hydrogen (secondary N) is 1. The molecule has 0 bridgehead atoms. The molecule has 7 heteroatoms. The zero-order valence-corrected chi connectivity index (χ0v) is 27.5. The molecule has 1 amide bonds. The highest BCUT2D eigenvalue weighted by atomic mass is 16.4. The third kappa shape index (κ3) is 11.1. The van der Waals surface area contributed by atoms with Crippen molar-refractivity contribution < 1.29 is 19.8 Å². The van der Waals surface area contributed by atoms with Crippen LogP contribution in [0.1, 0.15) is 87.8 Å². The van der Waals surface area contributed by atoms with Gasteiger partial charge in [-0.2, -0.15) is 0 Å². The number of aromatic nitrogens is 1. The Hall–Kier alpha value is -3.71. The number of hydrogen-bond acceptors (Lipinski definition) is 5. The standard InChI is InChI=1S/C30H35N3O3.C4H10O.C2H6/c1-19-14-20(2)18-33(17-19)29-26(15-27(34)35)21(3)32-22(4)28(29)24-10-12-25(13-11-24)30(36)31-16-23-8-6-5-7-9-23;1-4(2,3)5;1-2/h5-13,19-20H,14-18H2,1-4H3,(H,31,36)(H,34,35);5H,1-3H3;1-2H3. The Bertz CT molecular complexity index is 1320. The van der Waals surface area contributed by atoms with E-state index in [1.165, 1.54) is 0 Å². The quantitative estimate of drug-likeness (QED) is 0.269. The number of benzene rings is 2. The number of nitrogens with zero attached hydrogens (tertiary/aromatic N) is 2. The molecule has 4 rings (SSSR count). The van der Waals surface area contributed by atoms with Crippen molar-refractivity contribution in [2.75, 3.05) is 18.0 Å². The summed E-state index contributed by atoms with van der Waals surface area (Å²) in [6.45, 7) is 19.8. The predicted molar refractivity (Wildman–Crippen MR) is 177 cm³/mol. The molecule has 2 atom stereocenters. The minimum Gasteiger partial charge on any atom is -0.481 e. The average Bonchev–Trinajstić information content (AvgIpc) is 2.93. The van der Waals surface area contributed by atoms with E-state index in [0.717, 1.165) is 58.8 Å². The van der Waals surface area contributed by atoms with Gasteiger partial charge in [-0.05, 0) is 76.1 Å². The van der Waals surface area contributed by atoms with E-state index in [1.807, 2.05) is 82.3 Å². The lowest BCUT2D eigenvalue weighted by molar-refractivity contribution is -0.136. The van der Waals surface area contributed by atoms with Crippen LogP contribution in [0.4, 0.5) is 5.69 Å². The van der Waals surface area contributed by atoms with Crippen molar-refractivity contribution >= 4 is 17.6 Å². The molecule has 234 valence electrons. The first kappa shape index (κ1) is 35.5. The molecule has 2 unspecified atom stereocenters. The molecule has 0 radical (unpaired) electrons. The predicted octanol–water partition coefficient (Wildman–Crippen LogP) is 7.21.